The van der Waals surface area contributed by atoms with Gasteiger partial charge in [0.2, 0.25) is 5.91 Å². The van der Waals surface area contributed by atoms with Gasteiger partial charge in [-0.05, 0) is 19.4 Å². The van der Waals surface area contributed by atoms with E-state index in [1.54, 1.807) is 6.92 Å². The molecule has 1 heterocycles. The van der Waals surface area contributed by atoms with Gasteiger partial charge < -0.3 is 15.0 Å². The Hall–Kier alpha value is -1.92. The fourth-order valence-corrected chi connectivity index (χ4v) is 2.76. The average Bonchev–Trinajstić information content (AvgIpc) is 2.61. The van der Waals surface area contributed by atoms with Crippen LogP contribution in [0.2, 0.25) is 0 Å². The van der Waals surface area contributed by atoms with E-state index in [4.69, 9.17) is 4.74 Å². The molecule has 1 aromatic rings. The van der Waals surface area contributed by atoms with E-state index < -0.39 is 6.10 Å². The summed E-state index contributed by atoms with van der Waals surface area (Å²) in [5.41, 5.74) is 1.09. The molecule has 2 rings (SSSR count). The Balaban J connectivity index is 1.69. The molecule has 0 saturated carbocycles. The van der Waals surface area contributed by atoms with Gasteiger partial charge in [-0.3, -0.25) is 14.5 Å². The van der Waals surface area contributed by atoms with E-state index in [-0.39, 0.29) is 11.8 Å². The highest BCUT2D eigenvalue weighted by Crippen LogP contribution is 2.06. The van der Waals surface area contributed by atoms with E-state index in [1.807, 2.05) is 42.2 Å². The smallest absolute Gasteiger partial charge is 0.251 e. The second-order valence-electron chi connectivity index (χ2n) is 5.96. The van der Waals surface area contributed by atoms with Crippen molar-refractivity contribution in [3.8, 4) is 0 Å². The maximum Gasteiger partial charge on any atom is 0.251 e. The molecule has 2 amide bonds. The van der Waals surface area contributed by atoms with Crippen molar-refractivity contribution >= 4 is 11.8 Å². The topological polar surface area (TPSA) is 61.9 Å². The molecule has 6 nitrogen and oxygen atoms in total. The fourth-order valence-electron chi connectivity index (χ4n) is 2.76. The molecule has 0 radical (unpaired) electrons. The number of hydrogen-bond donors (Lipinski definition) is 1. The number of carbonyl (C=O) groups excluding carboxylic acids is 2. The number of carbonyl (C=O) groups is 2. The number of rotatable bonds is 7. The van der Waals surface area contributed by atoms with Crippen molar-refractivity contribution in [1.29, 1.82) is 0 Å². The van der Waals surface area contributed by atoms with E-state index in [0.717, 1.165) is 5.56 Å². The van der Waals surface area contributed by atoms with Crippen LogP contribution < -0.4 is 5.32 Å². The molecule has 1 aliphatic heterocycles. The number of ether oxygens (including phenoxy) is 1. The van der Waals surface area contributed by atoms with Gasteiger partial charge in [0.1, 0.15) is 6.10 Å². The summed E-state index contributed by atoms with van der Waals surface area (Å²) < 4.78 is 5.35. The Morgan fingerprint density at radius 3 is 2.46 bits per heavy atom. The van der Waals surface area contributed by atoms with Crippen molar-refractivity contribution in [3.05, 3.63) is 35.9 Å². The summed E-state index contributed by atoms with van der Waals surface area (Å²) in [5, 5.41) is 2.93. The molecule has 24 heavy (non-hydrogen) atoms. The van der Waals surface area contributed by atoms with Crippen molar-refractivity contribution in [3.63, 3.8) is 0 Å². The van der Waals surface area contributed by atoms with Crippen LogP contribution >= 0.6 is 0 Å². The van der Waals surface area contributed by atoms with Crippen LogP contribution in [0, 0.1) is 0 Å². The maximum absolute atomic E-state index is 12.2. The van der Waals surface area contributed by atoms with Gasteiger partial charge in [-0.1, -0.05) is 30.3 Å². The highest BCUT2D eigenvalue weighted by Gasteiger charge is 2.25. The van der Waals surface area contributed by atoms with Gasteiger partial charge in [-0.25, -0.2) is 0 Å². The largest absolute Gasteiger partial charge is 0.369 e. The van der Waals surface area contributed by atoms with Gasteiger partial charge >= 0.3 is 0 Å². The average molecular weight is 333 g/mol. The van der Waals surface area contributed by atoms with Crippen LogP contribution in [0.4, 0.5) is 0 Å². The Morgan fingerprint density at radius 2 is 1.83 bits per heavy atom. The normalized spacial score (nSPS) is 16.7. The summed E-state index contributed by atoms with van der Waals surface area (Å²) in [4.78, 5) is 28.1. The second kappa shape index (κ2) is 9.39. The molecule has 0 bridgehead atoms. The minimum Gasteiger partial charge on any atom is -0.369 e. The van der Waals surface area contributed by atoms with Crippen molar-refractivity contribution in [2.75, 3.05) is 39.3 Å². The molecule has 1 atom stereocenters. The van der Waals surface area contributed by atoms with Gasteiger partial charge in [0, 0.05) is 39.3 Å². The molecular formula is C18H27N3O3. The predicted octanol–water partition coefficient (Wildman–Crippen LogP) is 0.872. The van der Waals surface area contributed by atoms with Crippen LogP contribution in [-0.2, 0) is 20.9 Å². The van der Waals surface area contributed by atoms with Crippen LogP contribution in [0.15, 0.2) is 30.3 Å². The summed E-state index contributed by atoms with van der Waals surface area (Å²) in [5.74, 6) is 0.0475. The third-order valence-corrected chi connectivity index (χ3v) is 4.15. The molecule has 1 N–H and O–H groups in total. The van der Waals surface area contributed by atoms with Gasteiger partial charge in [0.05, 0.1) is 6.54 Å². The molecule has 6 heteroatoms. The first-order chi connectivity index (χ1) is 11.6. The maximum atomic E-state index is 12.2. The Bertz CT molecular complexity index is 528. The number of hydrogen-bond acceptors (Lipinski definition) is 4. The fraction of sp³-hybridized carbons (Fsp3) is 0.556. The van der Waals surface area contributed by atoms with Crippen LogP contribution in [0.3, 0.4) is 0 Å². The van der Waals surface area contributed by atoms with Gasteiger partial charge in [0.15, 0.2) is 0 Å². The Morgan fingerprint density at radius 1 is 1.17 bits per heavy atom. The molecule has 0 spiro atoms. The highest BCUT2D eigenvalue weighted by molar-refractivity contribution is 5.81. The van der Waals surface area contributed by atoms with Crippen molar-refractivity contribution < 1.29 is 14.3 Å². The zero-order valence-corrected chi connectivity index (χ0v) is 14.5. The third kappa shape index (κ3) is 5.62. The first-order valence-corrected chi connectivity index (χ1v) is 8.53. The van der Waals surface area contributed by atoms with Crippen molar-refractivity contribution in [2.45, 2.75) is 26.5 Å². The van der Waals surface area contributed by atoms with Gasteiger partial charge in [0.25, 0.3) is 5.91 Å². The monoisotopic (exact) mass is 333 g/mol. The quantitative estimate of drug-likeness (QED) is 0.804. The number of benzene rings is 1. The number of nitrogens with zero attached hydrogens (tertiary/aromatic N) is 2. The van der Waals surface area contributed by atoms with Crippen LogP contribution in [0.25, 0.3) is 0 Å². The minimum absolute atomic E-state index is 0.0151. The first kappa shape index (κ1) is 18.4. The summed E-state index contributed by atoms with van der Waals surface area (Å²) in [6, 6.07) is 9.86. The third-order valence-electron chi connectivity index (χ3n) is 4.15. The van der Waals surface area contributed by atoms with E-state index in [1.165, 1.54) is 0 Å². The number of amides is 2. The molecule has 132 valence electrons. The molecule has 1 aliphatic rings. The summed E-state index contributed by atoms with van der Waals surface area (Å²) >= 11 is 0. The lowest BCUT2D eigenvalue weighted by Crippen LogP contribution is -2.53. The predicted molar refractivity (Wildman–Crippen MR) is 92.4 cm³/mol. The first-order valence-electron chi connectivity index (χ1n) is 8.53. The molecule has 0 aliphatic carbocycles. The van der Waals surface area contributed by atoms with E-state index in [9.17, 15) is 9.59 Å². The van der Waals surface area contributed by atoms with Gasteiger partial charge in [-0.2, -0.15) is 0 Å². The number of piperazine rings is 1. The van der Waals surface area contributed by atoms with Crippen molar-refractivity contribution in [2.24, 2.45) is 0 Å². The molecule has 1 unspecified atom stereocenters. The zero-order valence-electron chi connectivity index (χ0n) is 14.5. The summed E-state index contributed by atoms with van der Waals surface area (Å²) in [6.07, 6.45) is -0.393. The molecule has 0 aromatic heterocycles. The Labute approximate surface area is 143 Å². The van der Waals surface area contributed by atoms with Crippen LogP contribution in [0.1, 0.15) is 19.4 Å². The standard InChI is InChI=1S/C18H27N3O3/c1-3-24-15(2)18(23)21-11-9-20(10-12-21)14-17(22)19-13-16-7-5-4-6-8-16/h4-8,15H,3,9-14H2,1-2H3,(H,19,22). The van der Waals surface area contributed by atoms with Crippen molar-refractivity contribution in [1.82, 2.24) is 15.1 Å². The SMILES string of the molecule is CCOC(C)C(=O)N1CCN(CC(=O)NCc2ccccc2)CC1. The van der Waals surface area contributed by atoms with Gasteiger partial charge in [-0.15, -0.1) is 0 Å². The minimum atomic E-state index is -0.393. The van der Waals surface area contributed by atoms with E-state index in [0.29, 0.717) is 45.9 Å². The lowest BCUT2D eigenvalue weighted by atomic mass is 10.2. The molecule has 1 aromatic carbocycles. The van der Waals surface area contributed by atoms with E-state index >= 15 is 0 Å². The highest BCUT2D eigenvalue weighted by atomic mass is 16.5. The van der Waals surface area contributed by atoms with Crippen LogP contribution in [0.5, 0.6) is 0 Å². The Kier molecular flexibility index (Phi) is 7.21. The lowest BCUT2D eigenvalue weighted by Gasteiger charge is -2.35. The summed E-state index contributed by atoms with van der Waals surface area (Å²) in [6.45, 7) is 7.83. The molecule has 1 saturated heterocycles. The van der Waals surface area contributed by atoms with E-state index in [2.05, 4.69) is 10.2 Å². The lowest BCUT2D eigenvalue weighted by molar-refractivity contribution is -0.144. The van der Waals surface area contributed by atoms with Crippen LogP contribution in [-0.4, -0.2) is 67.0 Å². The molecule has 1 fully saturated rings. The second-order valence-corrected chi connectivity index (χ2v) is 5.96. The summed E-state index contributed by atoms with van der Waals surface area (Å²) in [7, 11) is 0. The number of nitrogens with one attached hydrogen (secondary N) is 1. The zero-order chi connectivity index (χ0) is 17.4. The molecular weight excluding hydrogens is 306 g/mol.